The summed E-state index contributed by atoms with van der Waals surface area (Å²) in [5.74, 6) is -0.0811. The van der Waals surface area contributed by atoms with Crippen LogP contribution in [0.15, 0.2) is 17.0 Å². The highest BCUT2D eigenvalue weighted by atomic mass is 35.5. The number of nitrogens with two attached hydrogens (primary N) is 1. The van der Waals surface area contributed by atoms with E-state index in [1.807, 2.05) is 0 Å². The summed E-state index contributed by atoms with van der Waals surface area (Å²) in [6, 6.07) is 3.27. The maximum Gasteiger partial charge on any atom is 0.267 e. The van der Waals surface area contributed by atoms with Crippen molar-refractivity contribution in [3.05, 3.63) is 33.4 Å². The van der Waals surface area contributed by atoms with Gasteiger partial charge in [0.1, 0.15) is 0 Å². The summed E-state index contributed by atoms with van der Waals surface area (Å²) in [5.41, 5.74) is 6.92. The number of aromatic nitrogens is 2. The van der Waals surface area contributed by atoms with E-state index in [0.29, 0.717) is 11.3 Å². The van der Waals surface area contributed by atoms with Gasteiger partial charge in [0.05, 0.1) is 21.4 Å². The average Bonchev–Trinajstić information content (AvgIpc) is 2.64. The molecule has 0 aliphatic carbocycles. The minimum Gasteiger partial charge on any atom is -0.381 e. The van der Waals surface area contributed by atoms with Crippen LogP contribution in [0.25, 0.3) is 0 Å². The highest BCUT2D eigenvalue weighted by molar-refractivity contribution is 7.93. The number of sulfonamides is 1. The molecular weight excluding hydrogens is 335 g/mol. The summed E-state index contributed by atoms with van der Waals surface area (Å²) in [4.78, 5) is -0.0846. The van der Waals surface area contributed by atoms with Gasteiger partial charge in [-0.1, -0.05) is 29.3 Å². The molecule has 0 fully saturated rings. The molecule has 0 atom stereocenters. The zero-order valence-electron chi connectivity index (χ0n) is 11.6. The molecule has 0 saturated carbocycles. The second-order valence-electron chi connectivity index (χ2n) is 4.58. The van der Waals surface area contributed by atoms with Gasteiger partial charge in [-0.2, -0.15) is 5.10 Å². The number of rotatable bonds is 3. The van der Waals surface area contributed by atoms with Crippen LogP contribution in [0.2, 0.25) is 10.0 Å². The predicted molar refractivity (Wildman–Crippen MR) is 84.4 cm³/mol. The van der Waals surface area contributed by atoms with Crippen molar-refractivity contribution in [2.24, 2.45) is 7.05 Å². The van der Waals surface area contributed by atoms with E-state index < -0.39 is 10.0 Å². The fraction of sp³-hybridized carbons (Fsp3) is 0.250. The van der Waals surface area contributed by atoms with Gasteiger partial charge >= 0.3 is 0 Å². The van der Waals surface area contributed by atoms with E-state index in [-0.39, 0.29) is 26.4 Å². The van der Waals surface area contributed by atoms with Crippen LogP contribution in [0, 0.1) is 13.8 Å². The summed E-state index contributed by atoms with van der Waals surface area (Å²) < 4.78 is 28.8. The van der Waals surface area contributed by atoms with E-state index in [4.69, 9.17) is 28.9 Å². The quantitative estimate of drug-likeness (QED) is 0.892. The molecule has 0 aliphatic heterocycles. The van der Waals surface area contributed by atoms with Crippen molar-refractivity contribution in [3.8, 4) is 0 Å². The van der Waals surface area contributed by atoms with Crippen molar-refractivity contribution in [2.75, 3.05) is 10.5 Å². The Hall–Kier alpha value is -1.44. The van der Waals surface area contributed by atoms with Gasteiger partial charge in [0.25, 0.3) is 10.0 Å². The van der Waals surface area contributed by atoms with Crippen LogP contribution in [0.5, 0.6) is 0 Å². The van der Waals surface area contributed by atoms with Gasteiger partial charge in [0, 0.05) is 7.05 Å². The zero-order valence-corrected chi connectivity index (χ0v) is 13.9. The van der Waals surface area contributed by atoms with E-state index in [0.717, 1.165) is 0 Å². The summed E-state index contributed by atoms with van der Waals surface area (Å²) in [6.07, 6.45) is 0. The molecule has 0 spiro atoms. The molecule has 1 aromatic heterocycles. The number of hydrogen-bond donors (Lipinski definition) is 2. The highest BCUT2D eigenvalue weighted by Gasteiger charge is 2.26. The fourth-order valence-corrected chi connectivity index (χ4v) is 3.88. The van der Waals surface area contributed by atoms with Gasteiger partial charge in [-0.15, -0.1) is 0 Å². The van der Waals surface area contributed by atoms with Crippen molar-refractivity contribution in [1.82, 2.24) is 9.78 Å². The molecule has 0 unspecified atom stereocenters. The van der Waals surface area contributed by atoms with Gasteiger partial charge in [-0.05, 0) is 25.5 Å². The third-order valence-electron chi connectivity index (χ3n) is 3.09. The highest BCUT2D eigenvalue weighted by Crippen LogP contribution is 2.35. The van der Waals surface area contributed by atoms with E-state index >= 15 is 0 Å². The minimum absolute atomic E-state index is 0.0811. The van der Waals surface area contributed by atoms with Crippen LogP contribution >= 0.6 is 23.2 Å². The lowest BCUT2D eigenvalue weighted by Crippen LogP contribution is -2.16. The van der Waals surface area contributed by atoms with E-state index in [1.165, 1.54) is 4.68 Å². The van der Waals surface area contributed by atoms with Crippen molar-refractivity contribution in [1.29, 1.82) is 0 Å². The molecule has 0 amide bonds. The second kappa shape index (κ2) is 5.40. The molecule has 6 nitrogen and oxygen atoms in total. The third kappa shape index (κ3) is 2.81. The van der Waals surface area contributed by atoms with Gasteiger partial charge in [0.2, 0.25) is 0 Å². The number of benzene rings is 1. The number of nitrogens with zero attached hydrogens (tertiary/aromatic N) is 2. The van der Waals surface area contributed by atoms with Crippen molar-refractivity contribution in [2.45, 2.75) is 18.7 Å². The summed E-state index contributed by atoms with van der Waals surface area (Å²) >= 11 is 12.1. The Labute approximate surface area is 132 Å². The smallest absolute Gasteiger partial charge is 0.267 e. The molecule has 0 radical (unpaired) electrons. The first-order valence-electron chi connectivity index (χ1n) is 5.91. The number of aryl methyl sites for hydroxylation is 2. The maximum absolute atomic E-state index is 12.5. The molecular formula is C12H14Cl2N4O2S. The SMILES string of the molecule is Cc1ccc(Cl)c(NS(=O)(=O)c2c(N)nn(C)c2C)c1Cl. The Kier molecular flexibility index (Phi) is 4.10. The minimum atomic E-state index is -3.94. The van der Waals surface area contributed by atoms with Crippen LogP contribution in [-0.4, -0.2) is 18.2 Å². The van der Waals surface area contributed by atoms with Gasteiger partial charge < -0.3 is 5.73 Å². The lowest BCUT2D eigenvalue weighted by atomic mass is 10.2. The third-order valence-corrected chi connectivity index (χ3v) is 5.41. The Morgan fingerprint density at radius 1 is 1.29 bits per heavy atom. The average molecular weight is 349 g/mol. The Morgan fingerprint density at radius 3 is 2.43 bits per heavy atom. The lowest BCUT2D eigenvalue weighted by Gasteiger charge is -2.12. The molecule has 3 N–H and O–H groups in total. The van der Waals surface area contributed by atoms with Crippen LogP contribution in [0.1, 0.15) is 11.3 Å². The number of nitrogens with one attached hydrogen (secondary N) is 1. The summed E-state index contributed by atoms with van der Waals surface area (Å²) in [5, 5.41) is 4.34. The van der Waals surface area contributed by atoms with Gasteiger partial charge in [-0.25, -0.2) is 8.42 Å². The summed E-state index contributed by atoms with van der Waals surface area (Å²) in [7, 11) is -2.33. The molecule has 21 heavy (non-hydrogen) atoms. The molecule has 0 aliphatic rings. The number of halogens is 2. The van der Waals surface area contributed by atoms with E-state index in [9.17, 15) is 8.42 Å². The fourth-order valence-electron chi connectivity index (χ4n) is 1.88. The normalized spacial score (nSPS) is 11.7. The van der Waals surface area contributed by atoms with Crippen molar-refractivity contribution in [3.63, 3.8) is 0 Å². The molecule has 1 aromatic carbocycles. The molecule has 0 bridgehead atoms. The van der Waals surface area contributed by atoms with Crippen molar-refractivity contribution >= 4 is 44.7 Å². The molecule has 0 saturated heterocycles. The van der Waals surface area contributed by atoms with Crippen molar-refractivity contribution < 1.29 is 8.42 Å². The van der Waals surface area contributed by atoms with Crippen LogP contribution in [-0.2, 0) is 17.1 Å². The second-order valence-corrected chi connectivity index (χ2v) is 6.99. The Morgan fingerprint density at radius 2 is 1.90 bits per heavy atom. The summed E-state index contributed by atoms with van der Waals surface area (Å²) in [6.45, 7) is 3.36. The molecule has 114 valence electrons. The van der Waals surface area contributed by atoms with Gasteiger partial charge in [-0.3, -0.25) is 9.40 Å². The monoisotopic (exact) mass is 348 g/mol. The first-order valence-corrected chi connectivity index (χ1v) is 8.15. The largest absolute Gasteiger partial charge is 0.381 e. The first kappa shape index (κ1) is 15.9. The number of hydrogen-bond acceptors (Lipinski definition) is 4. The van der Waals surface area contributed by atoms with Crippen LogP contribution in [0.3, 0.4) is 0 Å². The molecule has 1 heterocycles. The van der Waals surface area contributed by atoms with Gasteiger partial charge in [0.15, 0.2) is 10.7 Å². The molecule has 9 heteroatoms. The number of anilines is 2. The van der Waals surface area contributed by atoms with Crippen LogP contribution in [0.4, 0.5) is 11.5 Å². The predicted octanol–water partition coefficient (Wildman–Crippen LogP) is 2.73. The standard InChI is InChI=1S/C12H14Cl2N4O2S/c1-6-4-5-8(13)10(9(6)14)17-21(19,20)11-7(2)18(3)16-12(11)15/h4-5,17H,1-3H3,(H2,15,16). The Balaban J connectivity index is 2.55. The Bertz CT molecular complexity index is 815. The zero-order chi connectivity index (χ0) is 15.9. The van der Waals surface area contributed by atoms with E-state index in [2.05, 4.69) is 9.82 Å². The maximum atomic E-state index is 12.5. The van der Waals surface area contributed by atoms with Crippen LogP contribution < -0.4 is 10.5 Å². The molecule has 2 rings (SSSR count). The topological polar surface area (TPSA) is 90.0 Å². The first-order chi connectivity index (χ1) is 9.65. The number of nitrogen functional groups attached to an aromatic ring is 1. The molecule has 2 aromatic rings. The lowest BCUT2D eigenvalue weighted by molar-refractivity contribution is 0.600. The van der Waals surface area contributed by atoms with E-state index in [1.54, 1.807) is 33.0 Å².